The number of aliphatic hydroxyl groups is 1. The van der Waals surface area contributed by atoms with E-state index in [2.05, 4.69) is 15.0 Å². The maximum atomic E-state index is 12.9. The van der Waals surface area contributed by atoms with E-state index in [0.717, 1.165) is 10.8 Å². The standard InChI is InChI=1S/C20H22FN3O3S/c1-14(11-23-13-20(25)15-2-5-18(21)6-3-15)24-28(26,27)19-7-4-17-12-22-9-8-16(17)10-19/h2-10,12,14,20,23-25H,11,13H2,1H3/t14-,20-/m1/s1. The van der Waals surface area contributed by atoms with E-state index in [1.165, 1.54) is 24.3 Å². The van der Waals surface area contributed by atoms with Crippen LogP contribution in [-0.2, 0) is 10.0 Å². The van der Waals surface area contributed by atoms with Gasteiger partial charge in [0.05, 0.1) is 11.0 Å². The normalized spacial score (nSPS) is 14.1. The van der Waals surface area contributed by atoms with Gasteiger partial charge in [0.1, 0.15) is 5.82 Å². The third kappa shape index (κ3) is 5.11. The van der Waals surface area contributed by atoms with E-state index < -0.39 is 22.2 Å². The number of aliphatic hydroxyl groups excluding tert-OH is 1. The summed E-state index contributed by atoms with van der Waals surface area (Å²) in [7, 11) is -3.67. The molecule has 2 aromatic carbocycles. The van der Waals surface area contributed by atoms with E-state index >= 15 is 0 Å². The van der Waals surface area contributed by atoms with Crippen LogP contribution < -0.4 is 10.0 Å². The molecule has 0 saturated carbocycles. The van der Waals surface area contributed by atoms with Gasteiger partial charge in [0.15, 0.2) is 0 Å². The van der Waals surface area contributed by atoms with Gasteiger partial charge >= 0.3 is 0 Å². The fourth-order valence-corrected chi connectivity index (χ4v) is 4.12. The van der Waals surface area contributed by atoms with Crippen molar-refractivity contribution in [3.8, 4) is 0 Å². The predicted molar refractivity (Wildman–Crippen MR) is 106 cm³/mol. The highest BCUT2D eigenvalue weighted by atomic mass is 32.2. The van der Waals surface area contributed by atoms with Gasteiger partial charge in [0, 0.05) is 36.9 Å². The van der Waals surface area contributed by atoms with Crippen molar-refractivity contribution in [2.45, 2.75) is 24.0 Å². The maximum Gasteiger partial charge on any atom is 0.240 e. The van der Waals surface area contributed by atoms with Crippen LogP contribution in [0.3, 0.4) is 0 Å². The monoisotopic (exact) mass is 403 g/mol. The summed E-state index contributed by atoms with van der Waals surface area (Å²) in [6.45, 7) is 2.29. The second-order valence-electron chi connectivity index (χ2n) is 6.63. The van der Waals surface area contributed by atoms with Gasteiger partial charge in [-0.15, -0.1) is 0 Å². The summed E-state index contributed by atoms with van der Waals surface area (Å²) in [4.78, 5) is 4.20. The molecule has 0 aliphatic carbocycles. The van der Waals surface area contributed by atoms with Gasteiger partial charge in [-0.25, -0.2) is 17.5 Å². The molecule has 0 fully saturated rings. The molecule has 0 spiro atoms. The SMILES string of the molecule is C[C@H](CNC[C@@H](O)c1ccc(F)cc1)NS(=O)(=O)c1ccc2cnccc2c1. The number of aromatic nitrogens is 1. The molecule has 0 amide bonds. The fraction of sp³-hybridized carbons (Fsp3) is 0.250. The molecule has 1 heterocycles. The van der Waals surface area contributed by atoms with Crippen molar-refractivity contribution in [1.82, 2.24) is 15.0 Å². The Bertz CT molecular complexity index is 1040. The summed E-state index contributed by atoms with van der Waals surface area (Å²) in [5, 5.41) is 14.8. The van der Waals surface area contributed by atoms with E-state index in [9.17, 15) is 17.9 Å². The van der Waals surface area contributed by atoms with E-state index in [-0.39, 0.29) is 17.3 Å². The van der Waals surface area contributed by atoms with E-state index in [4.69, 9.17) is 0 Å². The minimum absolute atomic E-state index is 0.185. The van der Waals surface area contributed by atoms with Crippen molar-refractivity contribution < 1.29 is 17.9 Å². The number of halogens is 1. The molecule has 3 N–H and O–H groups in total. The number of fused-ring (bicyclic) bond motifs is 1. The second kappa shape index (κ2) is 8.74. The minimum Gasteiger partial charge on any atom is -0.387 e. The molecule has 6 nitrogen and oxygen atoms in total. The topological polar surface area (TPSA) is 91.3 Å². The van der Waals surface area contributed by atoms with Gasteiger partial charge in [0.25, 0.3) is 0 Å². The molecule has 0 aliphatic heterocycles. The van der Waals surface area contributed by atoms with Crippen molar-refractivity contribution in [3.05, 3.63) is 72.3 Å². The molecule has 0 aliphatic rings. The molecule has 0 unspecified atom stereocenters. The van der Waals surface area contributed by atoms with Crippen molar-refractivity contribution >= 4 is 20.8 Å². The van der Waals surface area contributed by atoms with Crippen molar-refractivity contribution in [2.24, 2.45) is 0 Å². The molecule has 0 bridgehead atoms. The second-order valence-corrected chi connectivity index (χ2v) is 8.35. The molecule has 1 aromatic heterocycles. The number of nitrogens with one attached hydrogen (secondary N) is 2. The Labute approximate surface area is 163 Å². The molecule has 8 heteroatoms. The quantitative estimate of drug-likeness (QED) is 0.537. The number of sulfonamides is 1. The van der Waals surface area contributed by atoms with Crippen LogP contribution in [0.5, 0.6) is 0 Å². The van der Waals surface area contributed by atoms with Gasteiger partial charge in [-0.1, -0.05) is 18.2 Å². The number of nitrogens with zero attached hydrogens (tertiary/aromatic N) is 1. The number of rotatable bonds is 8. The summed E-state index contributed by atoms with van der Waals surface area (Å²) >= 11 is 0. The van der Waals surface area contributed by atoms with Crippen LogP contribution in [0.1, 0.15) is 18.6 Å². The molecule has 0 radical (unpaired) electrons. The van der Waals surface area contributed by atoms with Crippen LogP contribution in [0.15, 0.2) is 65.8 Å². The first-order valence-corrected chi connectivity index (χ1v) is 10.3. The van der Waals surface area contributed by atoms with Crippen LogP contribution in [0.4, 0.5) is 4.39 Å². The average Bonchev–Trinajstić information content (AvgIpc) is 2.67. The zero-order valence-corrected chi connectivity index (χ0v) is 16.2. The maximum absolute atomic E-state index is 12.9. The van der Waals surface area contributed by atoms with Crippen LogP contribution in [0.2, 0.25) is 0 Å². The summed E-state index contributed by atoms with van der Waals surface area (Å²) in [6.07, 6.45) is 2.49. The zero-order chi connectivity index (χ0) is 20.1. The Morgan fingerprint density at radius 1 is 1.07 bits per heavy atom. The Hall–Kier alpha value is -2.39. The van der Waals surface area contributed by atoms with Crippen LogP contribution >= 0.6 is 0 Å². The highest BCUT2D eigenvalue weighted by molar-refractivity contribution is 7.89. The molecule has 3 rings (SSSR count). The van der Waals surface area contributed by atoms with Gasteiger partial charge in [-0.3, -0.25) is 4.98 Å². The smallest absolute Gasteiger partial charge is 0.240 e. The molecule has 3 aromatic rings. The Morgan fingerprint density at radius 3 is 2.57 bits per heavy atom. The number of hydrogen-bond acceptors (Lipinski definition) is 5. The first kappa shape index (κ1) is 20.3. The van der Waals surface area contributed by atoms with Gasteiger partial charge < -0.3 is 10.4 Å². The van der Waals surface area contributed by atoms with E-state index in [0.29, 0.717) is 12.1 Å². The highest BCUT2D eigenvalue weighted by Crippen LogP contribution is 2.18. The lowest BCUT2D eigenvalue weighted by atomic mass is 10.1. The first-order chi connectivity index (χ1) is 13.3. The third-order valence-electron chi connectivity index (χ3n) is 4.32. The molecule has 0 saturated heterocycles. The molecular formula is C20H22FN3O3S. The lowest BCUT2D eigenvalue weighted by molar-refractivity contribution is 0.174. The third-order valence-corrected chi connectivity index (χ3v) is 5.91. The van der Waals surface area contributed by atoms with Crippen molar-refractivity contribution in [3.63, 3.8) is 0 Å². The predicted octanol–water partition coefficient (Wildman–Crippen LogP) is 2.36. The minimum atomic E-state index is -3.67. The number of hydrogen-bond donors (Lipinski definition) is 3. The largest absolute Gasteiger partial charge is 0.387 e. The summed E-state index contributed by atoms with van der Waals surface area (Å²) in [6, 6.07) is 11.9. The summed E-state index contributed by atoms with van der Waals surface area (Å²) in [5.74, 6) is -0.364. The van der Waals surface area contributed by atoms with Crippen molar-refractivity contribution in [2.75, 3.05) is 13.1 Å². The van der Waals surface area contributed by atoms with Gasteiger partial charge in [-0.05, 0) is 48.2 Å². The Balaban J connectivity index is 1.55. The molecule has 148 valence electrons. The van der Waals surface area contributed by atoms with E-state index in [1.807, 2.05) is 0 Å². The lowest BCUT2D eigenvalue weighted by Gasteiger charge is -2.17. The Morgan fingerprint density at radius 2 is 1.82 bits per heavy atom. The van der Waals surface area contributed by atoms with Gasteiger partial charge in [0.2, 0.25) is 10.0 Å². The van der Waals surface area contributed by atoms with Crippen LogP contribution in [0.25, 0.3) is 10.8 Å². The summed E-state index contributed by atoms with van der Waals surface area (Å²) in [5.41, 5.74) is 0.591. The van der Waals surface area contributed by atoms with Crippen molar-refractivity contribution in [1.29, 1.82) is 0 Å². The van der Waals surface area contributed by atoms with Crippen LogP contribution in [0, 0.1) is 5.82 Å². The molecule has 2 atom stereocenters. The fourth-order valence-electron chi connectivity index (χ4n) is 2.84. The molecule has 28 heavy (non-hydrogen) atoms. The molecular weight excluding hydrogens is 381 g/mol. The highest BCUT2D eigenvalue weighted by Gasteiger charge is 2.18. The zero-order valence-electron chi connectivity index (χ0n) is 15.3. The van der Waals surface area contributed by atoms with Gasteiger partial charge in [-0.2, -0.15) is 0 Å². The van der Waals surface area contributed by atoms with Crippen LogP contribution in [-0.4, -0.2) is 37.6 Å². The Kier molecular flexibility index (Phi) is 6.35. The number of pyridine rings is 1. The average molecular weight is 403 g/mol. The summed E-state index contributed by atoms with van der Waals surface area (Å²) < 4.78 is 40.7. The first-order valence-electron chi connectivity index (χ1n) is 8.85. The number of benzene rings is 2. The van der Waals surface area contributed by atoms with E-state index in [1.54, 1.807) is 43.6 Å². The lowest BCUT2D eigenvalue weighted by Crippen LogP contribution is -2.40.